The van der Waals surface area contributed by atoms with Crippen LogP contribution in [0.15, 0.2) is 12.2 Å². The van der Waals surface area contributed by atoms with Gasteiger partial charge in [0.05, 0.1) is 64.0 Å². The molecular weight excluding hydrogens is 1610 g/mol. The van der Waals surface area contributed by atoms with Gasteiger partial charge in [-0.05, 0) is 33.1 Å². The van der Waals surface area contributed by atoms with E-state index in [-0.39, 0.29) is 12.3 Å². The van der Waals surface area contributed by atoms with Crippen molar-refractivity contribution in [3.63, 3.8) is 0 Å². The lowest BCUT2D eigenvalue weighted by Crippen LogP contribution is -2.72. The third-order valence-corrected chi connectivity index (χ3v) is 24.4. The van der Waals surface area contributed by atoms with Crippen LogP contribution in [0, 0.1) is 0 Å². The van der Waals surface area contributed by atoms with Gasteiger partial charge in [0.1, 0.15) is 159 Å². The monoisotopic (exact) mass is 1770 g/mol. The average molecular weight is 1770 g/mol. The van der Waals surface area contributed by atoms with Crippen molar-refractivity contribution < 1.29 is 178 Å². The Balaban J connectivity index is 1.06. The second kappa shape index (κ2) is 56.1. The predicted molar refractivity (Wildman–Crippen MR) is 430 cm³/mol. The van der Waals surface area contributed by atoms with Crippen LogP contribution in [0.25, 0.3) is 0 Å². The molecule has 7 rings (SSSR count). The van der Waals surface area contributed by atoms with Gasteiger partial charge in [-0.15, -0.1) is 0 Å². The quantitative estimate of drug-likeness (QED) is 0.0253. The van der Waals surface area contributed by atoms with E-state index in [1.807, 2.05) is 6.08 Å². The third-order valence-electron chi connectivity index (χ3n) is 24.4. The van der Waals surface area contributed by atoms with Crippen LogP contribution in [0.4, 0.5) is 0 Å². The number of allylic oxidation sites excluding steroid dienone is 1. The Kier molecular flexibility index (Phi) is 48.9. The van der Waals surface area contributed by atoms with E-state index in [0.717, 1.165) is 58.3 Å². The second-order valence-corrected chi connectivity index (χ2v) is 34.1. The molecule has 0 aromatic heterocycles. The lowest BCUT2D eigenvalue weighted by Gasteiger charge is -2.53. The fourth-order valence-electron chi connectivity index (χ4n) is 16.7. The average Bonchev–Trinajstić information content (AvgIpc) is 0.754. The molecule has 0 spiro atoms. The van der Waals surface area contributed by atoms with E-state index in [2.05, 4.69) is 24.5 Å². The molecule has 2 amide bonds. The van der Waals surface area contributed by atoms with Gasteiger partial charge in [0.25, 0.3) is 0 Å². The number of hydrogen-bond acceptors (Lipinski definition) is 36. The van der Waals surface area contributed by atoms with Crippen LogP contribution in [-0.4, -0.2) is 381 Å². The molecule has 7 aliphatic rings. The van der Waals surface area contributed by atoms with Gasteiger partial charge in [-0.2, -0.15) is 0 Å². The van der Waals surface area contributed by atoms with Crippen LogP contribution < -0.4 is 10.6 Å². The van der Waals surface area contributed by atoms with Crippen LogP contribution in [0.3, 0.4) is 0 Å². The first-order chi connectivity index (χ1) is 58.6. The SMILES string of the molecule is CCCCCCCCCCCCC/C=C/[C@@H](O)[C@H](CO[C@@H]1OC(CO)[C@@H](O[C@@H]2OC(CO)[C@H](O)[C@H](O[C@@H]3OC(CO)[C@@H](O[C@@H]4OC(CO)[C@H](O)[C@H](O[C@H]5OC(CO)[C@H](O)[C@H](O)C5O)C4O[C@H]4OC(C)[C@@H](O)C(O)[C@@H]4O)[C@H](O[C@H]4OC(C)[C@@H](O)C(O)[C@@H]4O)C3NC(C)=O)C2O)[C@H](O)C1O)NC(=O)CCCCCCCCCCCCCCCCCCCCC. The van der Waals surface area contributed by atoms with E-state index in [1.165, 1.54) is 149 Å². The summed E-state index contributed by atoms with van der Waals surface area (Å²) >= 11 is 0. The molecule has 0 aromatic rings. The van der Waals surface area contributed by atoms with Crippen molar-refractivity contribution in [3.8, 4) is 0 Å². The van der Waals surface area contributed by atoms with Gasteiger partial charge in [0.2, 0.25) is 11.8 Å². The molecule has 38 nitrogen and oxygen atoms in total. The number of carbonyl (C=O) groups excluding carboxylic acids is 2. The number of hydrogen-bond donors (Lipinski definition) is 22. The van der Waals surface area contributed by atoms with Gasteiger partial charge in [0.15, 0.2) is 44.0 Å². The summed E-state index contributed by atoms with van der Waals surface area (Å²) in [7, 11) is 0. The maximum Gasteiger partial charge on any atom is 0.220 e. The molecule has 0 aliphatic carbocycles. The summed E-state index contributed by atoms with van der Waals surface area (Å²) in [6.07, 6.45) is -29.1. The van der Waals surface area contributed by atoms with Gasteiger partial charge in [-0.1, -0.05) is 206 Å². The number of ether oxygens (including phenoxy) is 14. The molecule has 22 N–H and O–H groups in total. The number of rotatable bonds is 56. The summed E-state index contributed by atoms with van der Waals surface area (Å²) < 4.78 is 85.4. The number of unbranched alkanes of at least 4 members (excludes halogenated alkanes) is 29. The van der Waals surface area contributed by atoms with Crippen molar-refractivity contribution in [1.29, 1.82) is 0 Å². The predicted octanol–water partition coefficient (Wildman–Crippen LogP) is -1.13. The van der Waals surface area contributed by atoms with Gasteiger partial charge in [0, 0.05) is 13.3 Å². The maximum absolute atomic E-state index is 13.7. The number of aliphatic hydroxyl groups excluding tert-OH is 20. The summed E-state index contributed by atoms with van der Waals surface area (Å²) in [5.74, 6) is -1.31. The zero-order valence-corrected chi connectivity index (χ0v) is 71.9. The first kappa shape index (κ1) is 106. The minimum absolute atomic E-state index is 0.155. The molecule has 7 heterocycles. The van der Waals surface area contributed by atoms with E-state index < -0.39 is 273 Å². The fourth-order valence-corrected chi connectivity index (χ4v) is 16.7. The van der Waals surface area contributed by atoms with Crippen LogP contribution in [-0.2, 0) is 75.9 Å². The van der Waals surface area contributed by atoms with Crippen molar-refractivity contribution in [2.24, 2.45) is 0 Å². The zero-order chi connectivity index (χ0) is 89.1. The molecule has 37 atom stereocenters. The Hall–Kier alpha value is -2.68. The van der Waals surface area contributed by atoms with E-state index in [9.17, 15) is 112 Å². The highest BCUT2D eigenvalue weighted by Crippen LogP contribution is 2.41. The molecule has 0 radical (unpaired) electrons. The van der Waals surface area contributed by atoms with Crippen LogP contribution >= 0.6 is 0 Å². The minimum Gasteiger partial charge on any atom is -0.394 e. The number of nitrogens with one attached hydrogen (secondary N) is 2. The summed E-state index contributed by atoms with van der Waals surface area (Å²) in [4.78, 5) is 27.3. The van der Waals surface area contributed by atoms with Crippen LogP contribution in [0.2, 0.25) is 0 Å². The lowest BCUT2D eigenvalue weighted by molar-refractivity contribution is -0.411. The highest BCUT2D eigenvalue weighted by Gasteiger charge is 2.61. The lowest BCUT2D eigenvalue weighted by atomic mass is 9.93. The van der Waals surface area contributed by atoms with Crippen molar-refractivity contribution in [2.75, 3.05) is 39.6 Å². The molecular formula is C84H152N2O36. The highest BCUT2D eigenvalue weighted by molar-refractivity contribution is 5.76. The Morgan fingerprint density at radius 2 is 0.680 bits per heavy atom. The van der Waals surface area contributed by atoms with Gasteiger partial charge in [-0.25, -0.2) is 0 Å². The summed E-state index contributed by atoms with van der Waals surface area (Å²) in [5.41, 5.74) is 0. The van der Waals surface area contributed by atoms with Crippen molar-refractivity contribution >= 4 is 11.8 Å². The topological polar surface area (TPSA) is 592 Å². The Labute approximate surface area is 716 Å². The largest absolute Gasteiger partial charge is 0.394 e. The van der Waals surface area contributed by atoms with Crippen molar-refractivity contribution in [2.45, 2.75) is 467 Å². The zero-order valence-electron chi connectivity index (χ0n) is 71.9. The molecule has 7 saturated heterocycles. The molecule has 0 aromatic carbocycles. The first-order valence-corrected chi connectivity index (χ1v) is 45.2. The Morgan fingerprint density at radius 1 is 0.336 bits per heavy atom. The van der Waals surface area contributed by atoms with Crippen molar-refractivity contribution in [1.82, 2.24) is 10.6 Å². The molecule has 7 aliphatic heterocycles. The van der Waals surface area contributed by atoms with Gasteiger partial charge < -0.3 is 179 Å². The number of amides is 2. The molecule has 122 heavy (non-hydrogen) atoms. The van der Waals surface area contributed by atoms with Crippen molar-refractivity contribution in [3.05, 3.63) is 12.2 Å². The second-order valence-electron chi connectivity index (χ2n) is 34.1. The fraction of sp³-hybridized carbons (Fsp3) is 0.952. The molecule has 714 valence electrons. The van der Waals surface area contributed by atoms with Gasteiger partial charge >= 0.3 is 0 Å². The third kappa shape index (κ3) is 31.5. The van der Waals surface area contributed by atoms with E-state index >= 15 is 0 Å². The maximum atomic E-state index is 13.7. The van der Waals surface area contributed by atoms with E-state index in [4.69, 9.17) is 66.3 Å². The molecule has 7 fully saturated rings. The first-order valence-electron chi connectivity index (χ1n) is 45.2. The molecule has 0 saturated carbocycles. The normalized spacial score (nSPS) is 39.0. The Morgan fingerprint density at radius 3 is 1.15 bits per heavy atom. The van der Waals surface area contributed by atoms with Crippen LogP contribution in [0.1, 0.15) is 240 Å². The Bertz CT molecular complexity index is 2840. The van der Waals surface area contributed by atoms with Crippen LogP contribution in [0.5, 0.6) is 0 Å². The summed E-state index contributed by atoms with van der Waals surface area (Å²) in [6.45, 7) is 2.14. The number of carbonyl (C=O) groups is 2. The smallest absolute Gasteiger partial charge is 0.220 e. The summed E-state index contributed by atoms with van der Waals surface area (Å²) in [5, 5.41) is 230. The molecule has 14 unspecified atom stereocenters. The van der Waals surface area contributed by atoms with Gasteiger partial charge in [-0.3, -0.25) is 9.59 Å². The summed E-state index contributed by atoms with van der Waals surface area (Å²) in [6, 6.07) is -3.09. The standard InChI is InChI=1S/C84H152N2O36/c1-6-8-10-12-14-16-18-20-21-22-23-24-25-27-29-31-33-35-37-39-56(94)86-49(50(93)38-36-34-32-30-28-26-19-17-15-13-11-9-7-2)45-109-79-70(107)66(103)72(54(43-90)116-79)117-83-71(108)75(61(98)52(41-88)113-83)120-78-57(85-48(5)92)74(119-80-67(104)63(100)58(95)46(3)110-80)73(55(44-91)115-78)118-84-77(122-81-68(105)64(101)59(96)47(4)111-81)76(62(99)53(42-89)114-84)121-82-69(106)65(102)60(97)51(40-87)112-82/h36,38,46-47,49-55,57-84,87-91,93,95-108H,6-35,37,39-45H2,1-5H3,(H,85,92)(H,86,94)/b38-36+/t46?,47?,49-,50+,51?,52?,53?,54?,55?,57?,58+,59+,60-,61-,62-,63?,64?,65-,66+,67-,68-,69?,70?,71?,72+,73+,74+,75-,76-,77?,78-,79+,80+,81+,82+,83-,84-/m0/s1. The van der Waals surface area contributed by atoms with E-state index in [1.54, 1.807) is 6.08 Å². The molecule has 38 heteroatoms. The number of aliphatic hydroxyl groups is 20. The molecule has 0 bridgehead atoms. The minimum atomic E-state index is -2.31. The highest BCUT2D eigenvalue weighted by atomic mass is 16.8. The van der Waals surface area contributed by atoms with E-state index in [0.29, 0.717) is 12.8 Å².